The number of aryl methyl sites for hydroxylation is 4. The van der Waals surface area contributed by atoms with Crippen molar-refractivity contribution in [1.29, 1.82) is 0 Å². The number of aromatic nitrogens is 6. The Hall–Kier alpha value is -2.64. The molecule has 116 valence electrons. The lowest BCUT2D eigenvalue weighted by atomic mass is 10.4. The van der Waals surface area contributed by atoms with E-state index in [1.807, 2.05) is 37.1 Å². The minimum atomic E-state index is 0.240. The van der Waals surface area contributed by atoms with Gasteiger partial charge in [0.2, 0.25) is 5.95 Å². The van der Waals surface area contributed by atoms with Crippen molar-refractivity contribution >= 4 is 22.9 Å². The molecule has 0 bridgehead atoms. The number of fused-ring (bicyclic) bond motifs is 1. The lowest BCUT2D eigenvalue weighted by Gasteiger charge is -2.08. The Kier molecular flexibility index (Phi) is 3.44. The fourth-order valence-electron chi connectivity index (χ4n) is 2.49. The second-order valence-electron chi connectivity index (χ2n) is 5.40. The van der Waals surface area contributed by atoms with E-state index in [0.717, 1.165) is 34.9 Å². The molecule has 3 N–H and O–H groups in total. The fraction of sp³-hybridized carbons (Fsp3) is 0.429. The highest BCUT2D eigenvalue weighted by atomic mass is 15.3. The first-order valence-corrected chi connectivity index (χ1v) is 7.17. The Balaban J connectivity index is 1.82. The maximum Gasteiger partial charge on any atom is 0.224 e. The SMILES string of the molecule is Cc1cc(C)n(CCNc2nc(N)nc3c2nc(C)n3C)n1. The molecular formula is C14H20N8. The molecule has 0 aliphatic rings. The molecule has 0 unspecified atom stereocenters. The van der Waals surface area contributed by atoms with Crippen LogP contribution in [-0.4, -0.2) is 35.8 Å². The number of hydrogen-bond acceptors (Lipinski definition) is 6. The van der Waals surface area contributed by atoms with E-state index in [1.54, 1.807) is 0 Å². The molecule has 0 saturated carbocycles. The van der Waals surface area contributed by atoms with Crippen LogP contribution in [0.15, 0.2) is 6.07 Å². The van der Waals surface area contributed by atoms with Crippen molar-refractivity contribution in [3.63, 3.8) is 0 Å². The molecule has 0 aromatic carbocycles. The van der Waals surface area contributed by atoms with Gasteiger partial charge in [-0.15, -0.1) is 0 Å². The summed E-state index contributed by atoms with van der Waals surface area (Å²) >= 11 is 0. The van der Waals surface area contributed by atoms with Gasteiger partial charge >= 0.3 is 0 Å². The average molecular weight is 300 g/mol. The lowest BCUT2D eigenvalue weighted by Crippen LogP contribution is -2.14. The van der Waals surface area contributed by atoms with E-state index in [1.165, 1.54) is 0 Å². The molecule has 0 fully saturated rings. The van der Waals surface area contributed by atoms with Gasteiger partial charge in [0.15, 0.2) is 17.0 Å². The maximum atomic E-state index is 5.79. The summed E-state index contributed by atoms with van der Waals surface area (Å²) in [5, 5.41) is 7.73. The molecule has 3 rings (SSSR count). The zero-order valence-electron chi connectivity index (χ0n) is 13.3. The van der Waals surface area contributed by atoms with Crippen LogP contribution in [0.25, 0.3) is 11.2 Å². The molecule has 0 aliphatic carbocycles. The monoisotopic (exact) mass is 300 g/mol. The molecule has 0 atom stereocenters. The molecule has 3 heterocycles. The van der Waals surface area contributed by atoms with E-state index in [2.05, 4.69) is 31.4 Å². The third-order valence-corrected chi connectivity index (χ3v) is 3.68. The van der Waals surface area contributed by atoms with Crippen LogP contribution in [0.1, 0.15) is 17.2 Å². The number of anilines is 2. The van der Waals surface area contributed by atoms with Gasteiger partial charge < -0.3 is 15.6 Å². The summed E-state index contributed by atoms with van der Waals surface area (Å²) in [6, 6.07) is 2.06. The predicted octanol–water partition coefficient (Wildman–Crippen LogP) is 1.18. The number of nitrogens with two attached hydrogens (primary N) is 1. The quantitative estimate of drug-likeness (QED) is 0.750. The zero-order chi connectivity index (χ0) is 15.9. The van der Waals surface area contributed by atoms with Crippen molar-refractivity contribution in [3.8, 4) is 0 Å². The fourth-order valence-corrected chi connectivity index (χ4v) is 2.49. The summed E-state index contributed by atoms with van der Waals surface area (Å²) < 4.78 is 3.87. The Labute approximate surface area is 128 Å². The molecule has 8 nitrogen and oxygen atoms in total. The highest BCUT2D eigenvalue weighted by Crippen LogP contribution is 2.20. The van der Waals surface area contributed by atoms with Crippen molar-refractivity contribution in [1.82, 2.24) is 29.3 Å². The van der Waals surface area contributed by atoms with Gasteiger partial charge in [-0.2, -0.15) is 15.1 Å². The van der Waals surface area contributed by atoms with E-state index in [4.69, 9.17) is 5.73 Å². The van der Waals surface area contributed by atoms with Crippen molar-refractivity contribution in [2.45, 2.75) is 27.3 Å². The maximum absolute atomic E-state index is 5.79. The summed E-state index contributed by atoms with van der Waals surface area (Å²) in [6.07, 6.45) is 0. The van der Waals surface area contributed by atoms with Crippen LogP contribution in [-0.2, 0) is 13.6 Å². The van der Waals surface area contributed by atoms with Crippen LogP contribution >= 0.6 is 0 Å². The number of hydrogen-bond donors (Lipinski definition) is 2. The van der Waals surface area contributed by atoms with E-state index in [-0.39, 0.29) is 5.95 Å². The van der Waals surface area contributed by atoms with Crippen LogP contribution in [0.3, 0.4) is 0 Å². The van der Waals surface area contributed by atoms with Gasteiger partial charge in [-0.3, -0.25) is 4.68 Å². The van der Waals surface area contributed by atoms with Crippen molar-refractivity contribution < 1.29 is 0 Å². The van der Waals surface area contributed by atoms with E-state index in [0.29, 0.717) is 12.4 Å². The number of imidazole rings is 1. The normalized spacial score (nSPS) is 11.3. The van der Waals surface area contributed by atoms with Crippen LogP contribution in [0, 0.1) is 20.8 Å². The second kappa shape index (κ2) is 5.28. The molecule has 0 radical (unpaired) electrons. The first-order valence-electron chi connectivity index (χ1n) is 7.17. The van der Waals surface area contributed by atoms with Crippen LogP contribution < -0.4 is 11.1 Å². The average Bonchev–Trinajstić information content (AvgIpc) is 2.91. The predicted molar refractivity (Wildman–Crippen MR) is 85.6 cm³/mol. The highest BCUT2D eigenvalue weighted by molar-refractivity contribution is 5.84. The van der Waals surface area contributed by atoms with Crippen molar-refractivity contribution in [3.05, 3.63) is 23.3 Å². The van der Waals surface area contributed by atoms with Crippen LogP contribution in [0.4, 0.5) is 11.8 Å². The first-order chi connectivity index (χ1) is 10.5. The van der Waals surface area contributed by atoms with E-state index >= 15 is 0 Å². The first kappa shape index (κ1) is 14.3. The van der Waals surface area contributed by atoms with Gasteiger partial charge in [0.25, 0.3) is 0 Å². The molecule has 0 saturated heterocycles. The Morgan fingerprint density at radius 3 is 2.64 bits per heavy atom. The molecule has 0 amide bonds. The topological polar surface area (TPSA) is 99.5 Å². The minimum absolute atomic E-state index is 0.240. The highest BCUT2D eigenvalue weighted by Gasteiger charge is 2.13. The second-order valence-corrected chi connectivity index (χ2v) is 5.40. The van der Waals surface area contributed by atoms with Gasteiger partial charge in [0.05, 0.1) is 12.2 Å². The van der Waals surface area contributed by atoms with Gasteiger partial charge in [-0.25, -0.2) is 4.98 Å². The summed E-state index contributed by atoms with van der Waals surface area (Å²) in [5.41, 5.74) is 9.42. The summed E-state index contributed by atoms with van der Waals surface area (Å²) in [4.78, 5) is 13.0. The molecule has 3 aromatic rings. The third kappa shape index (κ3) is 2.47. The zero-order valence-corrected chi connectivity index (χ0v) is 13.3. The molecule has 0 aliphatic heterocycles. The lowest BCUT2D eigenvalue weighted by molar-refractivity contribution is 0.614. The summed E-state index contributed by atoms with van der Waals surface area (Å²) in [7, 11) is 1.91. The molecule has 8 heteroatoms. The number of rotatable bonds is 4. The van der Waals surface area contributed by atoms with Gasteiger partial charge in [-0.1, -0.05) is 0 Å². The molecular weight excluding hydrogens is 280 g/mol. The van der Waals surface area contributed by atoms with E-state index < -0.39 is 0 Å². The number of nitrogens with zero attached hydrogens (tertiary/aromatic N) is 6. The summed E-state index contributed by atoms with van der Waals surface area (Å²) in [6.45, 7) is 7.39. The van der Waals surface area contributed by atoms with Crippen LogP contribution in [0.2, 0.25) is 0 Å². The largest absolute Gasteiger partial charge is 0.368 e. The number of nitrogen functional groups attached to an aromatic ring is 1. The third-order valence-electron chi connectivity index (χ3n) is 3.68. The number of nitrogens with one attached hydrogen (secondary N) is 1. The molecule has 22 heavy (non-hydrogen) atoms. The summed E-state index contributed by atoms with van der Waals surface area (Å²) in [5.74, 6) is 1.77. The van der Waals surface area contributed by atoms with Gasteiger partial charge in [0.1, 0.15) is 5.82 Å². The van der Waals surface area contributed by atoms with Crippen molar-refractivity contribution in [2.75, 3.05) is 17.6 Å². The van der Waals surface area contributed by atoms with Gasteiger partial charge in [-0.05, 0) is 26.8 Å². The van der Waals surface area contributed by atoms with Crippen LogP contribution in [0.5, 0.6) is 0 Å². The Bertz CT molecular complexity index is 829. The van der Waals surface area contributed by atoms with Crippen molar-refractivity contribution in [2.24, 2.45) is 7.05 Å². The smallest absolute Gasteiger partial charge is 0.224 e. The van der Waals surface area contributed by atoms with Gasteiger partial charge in [0, 0.05) is 19.3 Å². The van der Waals surface area contributed by atoms with E-state index in [9.17, 15) is 0 Å². The standard InChI is InChI=1S/C14H20N8/c1-8-7-9(2)22(20-8)6-5-16-12-11-13(19-14(15)18-12)21(4)10(3)17-11/h7H,5-6H2,1-4H3,(H3,15,16,18,19). The molecule has 3 aromatic heterocycles. The molecule has 0 spiro atoms. The Morgan fingerprint density at radius 1 is 1.18 bits per heavy atom. The minimum Gasteiger partial charge on any atom is -0.368 e. The Morgan fingerprint density at radius 2 is 1.95 bits per heavy atom.